The van der Waals surface area contributed by atoms with E-state index in [2.05, 4.69) is 25.2 Å². The fourth-order valence-corrected chi connectivity index (χ4v) is 5.43. The van der Waals surface area contributed by atoms with Gasteiger partial charge in [-0.05, 0) is 63.2 Å². The molecule has 5 rings (SSSR count). The van der Waals surface area contributed by atoms with Gasteiger partial charge in [0.2, 0.25) is 0 Å². The van der Waals surface area contributed by atoms with E-state index in [9.17, 15) is 4.79 Å². The highest BCUT2D eigenvalue weighted by atomic mass is 32.2. The second kappa shape index (κ2) is 11.2. The highest BCUT2D eigenvalue weighted by molar-refractivity contribution is 7.98. The van der Waals surface area contributed by atoms with Crippen LogP contribution in [0.15, 0.2) is 59.8 Å². The predicted molar refractivity (Wildman–Crippen MR) is 148 cm³/mol. The van der Waals surface area contributed by atoms with Crippen LogP contribution in [0.1, 0.15) is 33.1 Å². The molecule has 2 aromatic carbocycles. The topological polar surface area (TPSA) is 89.3 Å². The Labute approximate surface area is 226 Å². The molecule has 3 heterocycles. The molecule has 9 nitrogen and oxygen atoms in total. The summed E-state index contributed by atoms with van der Waals surface area (Å²) >= 11 is 1.49. The van der Waals surface area contributed by atoms with E-state index in [1.54, 1.807) is 11.8 Å². The Kier molecular flexibility index (Phi) is 7.59. The average molecular weight is 530 g/mol. The van der Waals surface area contributed by atoms with Gasteiger partial charge in [-0.3, -0.25) is 4.79 Å². The van der Waals surface area contributed by atoms with Gasteiger partial charge in [0.15, 0.2) is 10.9 Å². The lowest BCUT2D eigenvalue weighted by atomic mass is 10.2. The van der Waals surface area contributed by atoms with Crippen molar-refractivity contribution >= 4 is 23.4 Å². The van der Waals surface area contributed by atoms with Gasteiger partial charge in [0.25, 0.3) is 5.91 Å². The smallest absolute Gasteiger partial charge is 0.276 e. The van der Waals surface area contributed by atoms with Crippen molar-refractivity contribution in [3.8, 4) is 11.4 Å². The number of anilines is 1. The number of hydrogen-bond acceptors (Lipinski definition) is 8. The first-order valence-electron chi connectivity index (χ1n) is 12.6. The number of benzene rings is 2. The molecule has 1 amide bonds. The SMILES string of the molecule is COc1ccc(N2CCN(C(=O)c3nnn(-c4ccc(C)cc4)c3CSc3nc(C)cc(C)n3)CC2)cc1. The molecule has 0 bridgehead atoms. The minimum Gasteiger partial charge on any atom is -0.497 e. The van der Waals surface area contributed by atoms with Gasteiger partial charge in [-0.1, -0.05) is 34.7 Å². The van der Waals surface area contributed by atoms with Crippen LogP contribution in [0.3, 0.4) is 0 Å². The Morgan fingerprint density at radius 2 is 1.53 bits per heavy atom. The quantitative estimate of drug-likeness (QED) is 0.259. The largest absolute Gasteiger partial charge is 0.497 e. The van der Waals surface area contributed by atoms with Crippen molar-refractivity contribution in [3.05, 3.63) is 82.9 Å². The first-order valence-corrected chi connectivity index (χ1v) is 13.5. The number of aryl methyl sites for hydroxylation is 3. The number of hydrogen-bond donors (Lipinski definition) is 0. The van der Waals surface area contributed by atoms with Gasteiger partial charge in [0.05, 0.1) is 18.5 Å². The standard InChI is InChI=1S/C28H31N7O2S/c1-19-5-7-23(8-6-19)35-25(18-38-28-29-20(2)17-21(3)30-28)26(31-32-35)27(36)34-15-13-33(14-16-34)22-9-11-24(37-4)12-10-22/h5-12,17H,13-16,18H2,1-4H3. The van der Waals surface area contributed by atoms with Gasteiger partial charge in [-0.15, -0.1) is 5.10 Å². The maximum Gasteiger partial charge on any atom is 0.276 e. The van der Waals surface area contributed by atoms with E-state index in [0.29, 0.717) is 29.7 Å². The summed E-state index contributed by atoms with van der Waals surface area (Å²) in [6, 6.07) is 18.0. The van der Waals surface area contributed by atoms with Gasteiger partial charge < -0.3 is 14.5 Å². The monoisotopic (exact) mass is 529 g/mol. The summed E-state index contributed by atoms with van der Waals surface area (Å²) in [5.74, 6) is 1.20. The average Bonchev–Trinajstić information content (AvgIpc) is 3.35. The third-order valence-corrected chi connectivity index (χ3v) is 7.41. The molecular formula is C28H31N7O2S. The second-order valence-electron chi connectivity index (χ2n) is 9.33. The summed E-state index contributed by atoms with van der Waals surface area (Å²) in [4.78, 5) is 27.0. The van der Waals surface area contributed by atoms with E-state index in [4.69, 9.17) is 4.74 Å². The first-order chi connectivity index (χ1) is 18.4. The van der Waals surface area contributed by atoms with Crippen LogP contribution in [0.2, 0.25) is 0 Å². The van der Waals surface area contributed by atoms with Gasteiger partial charge in [0, 0.05) is 49.0 Å². The van der Waals surface area contributed by atoms with Gasteiger partial charge >= 0.3 is 0 Å². The van der Waals surface area contributed by atoms with E-state index >= 15 is 0 Å². The van der Waals surface area contributed by atoms with Gasteiger partial charge in [0.1, 0.15) is 5.75 Å². The van der Waals surface area contributed by atoms with Crippen LogP contribution in [-0.4, -0.2) is 69.1 Å². The predicted octanol–water partition coefficient (Wildman–Crippen LogP) is 4.25. The zero-order valence-electron chi connectivity index (χ0n) is 22.1. The summed E-state index contributed by atoms with van der Waals surface area (Å²) in [6.07, 6.45) is 0. The third-order valence-electron chi connectivity index (χ3n) is 6.55. The van der Waals surface area contributed by atoms with E-state index in [-0.39, 0.29) is 5.91 Å². The molecule has 0 unspecified atom stereocenters. The van der Waals surface area contributed by atoms with Crippen LogP contribution < -0.4 is 9.64 Å². The Balaban J connectivity index is 1.36. The Morgan fingerprint density at radius 1 is 0.895 bits per heavy atom. The lowest BCUT2D eigenvalue weighted by Crippen LogP contribution is -2.49. The minimum absolute atomic E-state index is 0.102. The van der Waals surface area contributed by atoms with E-state index in [1.165, 1.54) is 11.8 Å². The van der Waals surface area contributed by atoms with Crippen LogP contribution in [0, 0.1) is 20.8 Å². The van der Waals surface area contributed by atoms with E-state index < -0.39 is 0 Å². The summed E-state index contributed by atoms with van der Waals surface area (Å²) < 4.78 is 7.03. The molecule has 0 aliphatic carbocycles. The highest BCUT2D eigenvalue weighted by Crippen LogP contribution is 2.26. The molecule has 1 aliphatic rings. The molecule has 196 valence electrons. The second-order valence-corrected chi connectivity index (χ2v) is 10.3. The van der Waals surface area contributed by atoms with Crippen LogP contribution in [-0.2, 0) is 5.75 Å². The third kappa shape index (κ3) is 5.65. The fourth-order valence-electron chi connectivity index (χ4n) is 4.49. The molecule has 10 heteroatoms. The van der Waals surface area contributed by atoms with Gasteiger partial charge in [-0.2, -0.15) is 0 Å². The van der Waals surface area contributed by atoms with Gasteiger partial charge in [-0.25, -0.2) is 14.6 Å². The number of nitrogens with zero attached hydrogens (tertiary/aromatic N) is 7. The summed E-state index contributed by atoms with van der Waals surface area (Å²) in [5.41, 5.74) is 6.08. The number of ether oxygens (including phenoxy) is 1. The zero-order chi connectivity index (χ0) is 26.6. The van der Waals surface area contributed by atoms with E-state index in [1.807, 2.05) is 80.3 Å². The molecule has 0 N–H and O–H groups in total. The van der Waals surface area contributed by atoms with Crippen molar-refractivity contribution in [1.29, 1.82) is 0 Å². The van der Waals surface area contributed by atoms with E-state index in [0.717, 1.165) is 52.9 Å². The van der Waals surface area contributed by atoms with Crippen molar-refractivity contribution in [2.45, 2.75) is 31.7 Å². The number of carbonyl (C=O) groups excluding carboxylic acids is 1. The Bertz CT molecular complexity index is 1390. The Hall–Kier alpha value is -3.92. The first kappa shape index (κ1) is 25.7. The molecule has 1 saturated heterocycles. The molecule has 2 aromatic heterocycles. The normalized spacial score (nSPS) is 13.6. The van der Waals surface area contributed by atoms with Crippen molar-refractivity contribution in [2.75, 3.05) is 38.2 Å². The zero-order valence-corrected chi connectivity index (χ0v) is 22.9. The highest BCUT2D eigenvalue weighted by Gasteiger charge is 2.28. The van der Waals surface area contributed by atoms with Crippen LogP contribution in [0.25, 0.3) is 5.69 Å². The maximum absolute atomic E-state index is 13.7. The molecular weight excluding hydrogens is 498 g/mol. The van der Waals surface area contributed by atoms with Crippen LogP contribution in [0.4, 0.5) is 5.69 Å². The number of amides is 1. The molecule has 0 atom stereocenters. The van der Waals surface area contributed by atoms with Crippen molar-refractivity contribution in [3.63, 3.8) is 0 Å². The fraction of sp³-hybridized carbons (Fsp3) is 0.321. The Morgan fingerprint density at radius 3 is 2.16 bits per heavy atom. The summed E-state index contributed by atoms with van der Waals surface area (Å²) in [7, 11) is 1.66. The molecule has 0 radical (unpaired) electrons. The summed E-state index contributed by atoms with van der Waals surface area (Å²) in [5, 5.41) is 9.45. The number of rotatable bonds is 7. The minimum atomic E-state index is -0.102. The number of thioether (sulfide) groups is 1. The number of methoxy groups -OCH3 is 1. The lowest BCUT2D eigenvalue weighted by molar-refractivity contribution is 0.0740. The molecule has 0 saturated carbocycles. The lowest BCUT2D eigenvalue weighted by Gasteiger charge is -2.36. The molecule has 1 aliphatic heterocycles. The van der Waals surface area contributed by atoms with Crippen LogP contribution in [0.5, 0.6) is 5.75 Å². The molecule has 1 fully saturated rings. The van der Waals surface area contributed by atoms with Crippen molar-refractivity contribution < 1.29 is 9.53 Å². The summed E-state index contributed by atoms with van der Waals surface area (Å²) in [6.45, 7) is 8.65. The van der Waals surface area contributed by atoms with Crippen molar-refractivity contribution in [1.82, 2.24) is 29.9 Å². The molecule has 4 aromatic rings. The number of carbonyl (C=O) groups is 1. The van der Waals surface area contributed by atoms with Crippen LogP contribution >= 0.6 is 11.8 Å². The maximum atomic E-state index is 13.7. The number of aromatic nitrogens is 5. The number of piperazine rings is 1. The molecule has 38 heavy (non-hydrogen) atoms. The molecule has 0 spiro atoms. The van der Waals surface area contributed by atoms with Crippen molar-refractivity contribution in [2.24, 2.45) is 0 Å².